The lowest BCUT2D eigenvalue weighted by Gasteiger charge is -2.23. The molecule has 2 aromatic carbocycles. The molecule has 2 aliphatic heterocycles. The number of pyridine rings is 1. The number of nitrogens with one attached hydrogen (secondary N) is 2. The second-order valence-corrected chi connectivity index (χ2v) is 9.12. The summed E-state index contributed by atoms with van der Waals surface area (Å²) in [6, 6.07) is 19.9. The van der Waals surface area contributed by atoms with Gasteiger partial charge >= 0.3 is 6.03 Å². The molecule has 2 N–H and O–H groups in total. The van der Waals surface area contributed by atoms with Crippen molar-refractivity contribution < 1.29 is 9.21 Å². The summed E-state index contributed by atoms with van der Waals surface area (Å²) in [7, 11) is 0. The molecular formula is C28H28N6O2. The van der Waals surface area contributed by atoms with Crippen molar-refractivity contribution >= 4 is 28.9 Å². The van der Waals surface area contributed by atoms with Crippen LogP contribution in [0.15, 0.2) is 77.7 Å². The van der Waals surface area contributed by atoms with Crippen LogP contribution in [0.1, 0.15) is 19.3 Å². The first-order chi connectivity index (χ1) is 17.7. The summed E-state index contributed by atoms with van der Waals surface area (Å²) >= 11 is 0. The molecule has 1 saturated heterocycles. The second-order valence-electron chi connectivity index (χ2n) is 9.12. The largest absolute Gasteiger partial charge is 0.444 e. The minimum atomic E-state index is -0.217. The van der Waals surface area contributed by atoms with E-state index in [1.807, 2.05) is 36.4 Å². The molecule has 0 radical (unpaired) electrons. The standard InChI is InChI=1S/C28H28N6O2/c35-28(31-22-8-3-7-21(16-22)26-18-29-19-36-26)34-15-5-12-30-25-11-10-24(32-27(25)34)20-6-4-9-23(17-20)33-13-1-2-14-33/h3-4,6-11,16-19,30H,1-2,5,12-15H2,(H,31,35). The highest BCUT2D eigenvalue weighted by Gasteiger charge is 2.24. The number of benzene rings is 2. The van der Waals surface area contributed by atoms with Gasteiger partial charge < -0.3 is 20.0 Å². The van der Waals surface area contributed by atoms with E-state index in [4.69, 9.17) is 9.40 Å². The topological polar surface area (TPSA) is 86.5 Å². The first kappa shape index (κ1) is 22.2. The van der Waals surface area contributed by atoms with E-state index >= 15 is 0 Å². The average Bonchev–Trinajstić information content (AvgIpc) is 3.61. The van der Waals surface area contributed by atoms with Crippen molar-refractivity contribution in [3.63, 3.8) is 0 Å². The number of fused-ring (bicyclic) bond motifs is 1. The number of hydrogen-bond acceptors (Lipinski definition) is 6. The Hall–Kier alpha value is -4.33. The van der Waals surface area contributed by atoms with Crippen LogP contribution in [-0.2, 0) is 0 Å². The third kappa shape index (κ3) is 4.49. The molecule has 8 nitrogen and oxygen atoms in total. The molecule has 0 unspecified atom stereocenters. The van der Waals surface area contributed by atoms with Gasteiger partial charge in [0, 0.05) is 48.7 Å². The highest BCUT2D eigenvalue weighted by Crippen LogP contribution is 2.32. The van der Waals surface area contributed by atoms with Gasteiger partial charge in [0.1, 0.15) is 0 Å². The van der Waals surface area contributed by atoms with Crippen LogP contribution in [0.5, 0.6) is 0 Å². The fourth-order valence-corrected chi connectivity index (χ4v) is 4.85. The van der Waals surface area contributed by atoms with Gasteiger partial charge in [0.05, 0.1) is 17.6 Å². The van der Waals surface area contributed by atoms with Crippen LogP contribution in [0.3, 0.4) is 0 Å². The molecule has 0 atom stereocenters. The van der Waals surface area contributed by atoms with Gasteiger partial charge in [0.2, 0.25) is 0 Å². The Balaban J connectivity index is 1.28. The molecule has 8 heteroatoms. The van der Waals surface area contributed by atoms with Crippen LogP contribution < -0.4 is 20.4 Å². The maximum absolute atomic E-state index is 13.5. The van der Waals surface area contributed by atoms with E-state index in [2.05, 4.69) is 44.8 Å². The third-order valence-corrected chi connectivity index (χ3v) is 6.69. The Morgan fingerprint density at radius 1 is 0.944 bits per heavy atom. The van der Waals surface area contributed by atoms with Crippen LogP contribution in [0, 0.1) is 0 Å². The molecule has 0 spiro atoms. The van der Waals surface area contributed by atoms with E-state index < -0.39 is 0 Å². The molecule has 2 amide bonds. The zero-order valence-corrected chi connectivity index (χ0v) is 20.0. The molecule has 4 heterocycles. The van der Waals surface area contributed by atoms with Gasteiger partial charge in [-0.2, -0.15) is 0 Å². The molecule has 0 saturated carbocycles. The van der Waals surface area contributed by atoms with Crippen molar-refractivity contribution in [1.29, 1.82) is 0 Å². The van der Waals surface area contributed by atoms with Gasteiger partial charge in [0.25, 0.3) is 0 Å². The molecule has 1 fully saturated rings. The van der Waals surface area contributed by atoms with Gasteiger partial charge in [-0.25, -0.2) is 14.8 Å². The van der Waals surface area contributed by atoms with Crippen molar-refractivity contribution in [3.8, 4) is 22.6 Å². The molecule has 0 bridgehead atoms. The van der Waals surface area contributed by atoms with Crippen LogP contribution in [0.4, 0.5) is 27.7 Å². The van der Waals surface area contributed by atoms with Crippen molar-refractivity contribution in [2.75, 3.05) is 46.6 Å². The second kappa shape index (κ2) is 9.73. The lowest BCUT2D eigenvalue weighted by Crippen LogP contribution is -2.36. The van der Waals surface area contributed by atoms with Gasteiger partial charge in [0.15, 0.2) is 18.0 Å². The van der Waals surface area contributed by atoms with Gasteiger partial charge in [-0.05, 0) is 55.7 Å². The van der Waals surface area contributed by atoms with E-state index in [0.717, 1.165) is 48.6 Å². The summed E-state index contributed by atoms with van der Waals surface area (Å²) in [6.45, 7) is 3.54. The molecular weight excluding hydrogens is 452 g/mol. The Morgan fingerprint density at radius 3 is 2.67 bits per heavy atom. The molecule has 0 aliphatic carbocycles. The van der Waals surface area contributed by atoms with E-state index in [0.29, 0.717) is 23.8 Å². The SMILES string of the molecule is O=C(Nc1cccc(-c2cnco2)c1)N1CCCNc2ccc(-c3cccc(N4CCCC4)c3)nc21. The molecule has 4 aromatic rings. The first-order valence-electron chi connectivity index (χ1n) is 12.4. The van der Waals surface area contributed by atoms with Crippen molar-refractivity contribution in [2.45, 2.75) is 19.3 Å². The number of amides is 2. The van der Waals surface area contributed by atoms with Crippen molar-refractivity contribution in [1.82, 2.24) is 9.97 Å². The molecule has 2 aliphatic rings. The van der Waals surface area contributed by atoms with Crippen LogP contribution in [0.2, 0.25) is 0 Å². The smallest absolute Gasteiger partial charge is 0.327 e. The third-order valence-electron chi connectivity index (χ3n) is 6.69. The van der Waals surface area contributed by atoms with Crippen molar-refractivity contribution in [3.05, 3.63) is 73.3 Å². The molecule has 2 aromatic heterocycles. The summed E-state index contributed by atoms with van der Waals surface area (Å²) in [4.78, 5) is 26.6. The van der Waals surface area contributed by atoms with Crippen molar-refractivity contribution in [2.24, 2.45) is 0 Å². The number of anilines is 4. The minimum Gasteiger partial charge on any atom is -0.444 e. The Labute approximate surface area is 210 Å². The molecule has 182 valence electrons. The quantitative estimate of drug-likeness (QED) is 0.381. The Kier molecular flexibility index (Phi) is 5.99. The van der Waals surface area contributed by atoms with E-state index in [9.17, 15) is 4.79 Å². The highest BCUT2D eigenvalue weighted by molar-refractivity contribution is 6.03. The Morgan fingerprint density at radius 2 is 1.81 bits per heavy atom. The van der Waals surface area contributed by atoms with Crippen LogP contribution in [0.25, 0.3) is 22.6 Å². The summed E-state index contributed by atoms with van der Waals surface area (Å²) in [5.74, 6) is 1.29. The van der Waals surface area contributed by atoms with Gasteiger partial charge in [-0.1, -0.05) is 24.3 Å². The summed E-state index contributed by atoms with van der Waals surface area (Å²) in [5.41, 5.74) is 5.51. The molecule has 6 rings (SSSR count). The van der Waals surface area contributed by atoms with E-state index in [1.165, 1.54) is 24.9 Å². The minimum absolute atomic E-state index is 0.217. The number of aromatic nitrogens is 2. The van der Waals surface area contributed by atoms with Crippen LogP contribution in [-0.4, -0.2) is 42.2 Å². The first-order valence-corrected chi connectivity index (χ1v) is 12.4. The van der Waals surface area contributed by atoms with Gasteiger partial charge in [-0.3, -0.25) is 4.90 Å². The fourth-order valence-electron chi connectivity index (χ4n) is 4.85. The number of oxazole rings is 1. The number of rotatable bonds is 4. The Bertz CT molecular complexity index is 1360. The maximum Gasteiger partial charge on any atom is 0.327 e. The monoisotopic (exact) mass is 480 g/mol. The average molecular weight is 481 g/mol. The normalized spacial score (nSPS) is 15.2. The summed E-state index contributed by atoms with van der Waals surface area (Å²) < 4.78 is 5.40. The van der Waals surface area contributed by atoms with E-state index in [1.54, 1.807) is 11.1 Å². The molecule has 36 heavy (non-hydrogen) atoms. The van der Waals surface area contributed by atoms with E-state index in [-0.39, 0.29) is 6.03 Å². The highest BCUT2D eigenvalue weighted by atomic mass is 16.3. The summed E-state index contributed by atoms with van der Waals surface area (Å²) in [6.07, 6.45) is 6.34. The number of hydrogen-bond donors (Lipinski definition) is 2. The summed E-state index contributed by atoms with van der Waals surface area (Å²) in [5, 5.41) is 6.46. The number of nitrogens with zero attached hydrogens (tertiary/aromatic N) is 4. The lowest BCUT2D eigenvalue weighted by molar-refractivity contribution is 0.257. The van der Waals surface area contributed by atoms with Gasteiger partial charge in [-0.15, -0.1) is 0 Å². The number of urea groups is 1. The maximum atomic E-state index is 13.5. The predicted molar refractivity (Wildman–Crippen MR) is 143 cm³/mol. The number of carbonyl (C=O) groups excluding carboxylic acids is 1. The lowest BCUT2D eigenvalue weighted by atomic mass is 10.1. The zero-order valence-electron chi connectivity index (χ0n) is 20.0. The predicted octanol–water partition coefficient (Wildman–Crippen LogP) is 5.86. The number of carbonyl (C=O) groups is 1. The van der Waals surface area contributed by atoms with Crippen LogP contribution >= 0.6 is 0 Å². The fraction of sp³-hybridized carbons (Fsp3) is 0.250. The zero-order chi connectivity index (χ0) is 24.3.